The second-order valence-electron chi connectivity index (χ2n) is 4.83. The first kappa shape index (κ1) is 18.2. The molecule has 0 aromatic carbocycles. The minimum absolute atomic E-state index is 0.0942. The van der Waals surface area contributed by atoms with E-state index in [1.54, 1.807) is 0 Å². The summed E-state index contributed by atoms with van der Waals surface area (Å²) in [4.78, 5) is 13.9. The normalized spacial score (nSPS) is 14.0. The minimum atomic E-state index is -4.56. The van der Waals surface area contributed by atoms with Crippen LogP contribution in [0.5, 0.6) is 0 Å². The van der Waals surface area contributed by atoms with Crippen molar-refractivity contribution < 1.29 is 22.3 Å². The molecule has 0 amide bonds. The number of rotatable bonds is 4. The number of thiophene rings is 1. The largest absolute Gasteiger partial charge is 0.433 e. The zero-order valence-electron chi connectivity index (χ0n) is 12.5. The van der Waals surface area contributed by atoms with E-state index in [0.29, 0.717) is 0 Å². The molecular formula is C13H12F3N3O3S2. The number of nitrogens with one attached hydrogen (secondary N) is 1. The fraction of sp³-hybridized carbons (Fsp3) is 0.231. The van der Waals surface area contributed by atoms with Crippen molar-refractivity contribution in [2.24, 2.45) is 0 Å². The summed E-state index contributed by atoms with van der Waals surface area (Å²) in [7, 11) is -2.94. The van der Waals surface area contributed by atoms with E-state index < -0.39 is 26.5 Å². The summed E-state index contributed by atoms with van der Waals surface area (Å²) in [6.45, 7) is 1.47. The van der Waals surface area contributed by atoms with E-state index in [1.165, 1.54) is 24.6 Å². The number of nitrogens with zero attached hydrogens (tertiary/aromatic N) is 2. The number of alkyl halides is 3. The number of pyridine rings is 1. The highest BCUT2D eigenvalue weighted by atomic mass is 32.2. The Kier molecular flexibility index (Phi) is 4.85. The highest BCUT2D eigenvalue weighted by molar-refractivity contribution is 8.03. The summed E-state index contributed by atoms with van der Waals surface area (Å²) in [5.74, 6) is 0. The number of nitro groups is 1. The summed E-state index contributed by atoms with van der Waals surface area (Å²) in [6, 6.07) is 3.38. The average Bonchev–Trinajstić information content (AvgIpc) is 2.93. The predicted molar refractivity (Wildman–Crippen MR) is 87.7 cm³/mol. The Labute approximate surface area is 139 Å². The third-order valence-corrected chi connectivity index (χ3v) is 6.04. The molecule has 0 aliphatic carbocycles. The smallest absolute Gasteiger partial charge is 0.306 e. The lowest BCUT2D eigenvalue weighted by Gasteiger charge is -2.13. The molecule has 2 aromatic rings. The van der Waals surface area contributed by atoms with Crippen LogP contribution in [0.4, 0.5) is 23.9 Å². The van der Waals surface area contributed by atoms with Crippen LogP contribution in [0.1, 0.15) is 18.2 Å². The van der Waals surface area contributed by atoms with E-state index in [-0.39, 0.29) is 21.1 Å². The molecule has 0 bridgehead atoms. The van der Waals surface area contributed by atoms with Crippen LogP contribution in [-0.2, 0) is 15.9 Å². The molecule has 0 saturated heterocycles. The molecule has 6 nitrogen and oxygen atoms in total. The highest BCUT2D eigenvalue weighted by Gasteiger charge is 2.32. The van der Waals surface area contributed by atoms with E-state index in [4.69, 9.17) is 0 Å². The Balaban J connectivity index is 2.40. The number of anilines is 1. The van der Waals surface area contributed by atoms with Gasteiger partial charge in [0.2, 0.25) is 0 Å². The lowest BCUT2D eigenvalue weighted by molar-refractivity contribution is -0.379. The van der Waals surface area contributed by atoms with Crippen molar-refractivity contribution in [3.63, 3.8) is 0 Å². The molecule has 0 saturated carbocycles. The first-order chi connectivity index (χ1) is 11.0. The second-order valence-corrected chi connectivity index (χ2v) is 8.23. The maximum atomic E-state index is 12.8. The Hall–Kier alpha value is -2.14. The van der Waals surface area contributed by atoms with Crippen molar-refractivity contribution in [2.45, 2.75) is 13.1 Å². The zero-order valence-corrected chi connectivity index (χ0v) is 14.1. The fourth-order valence-corrected chi connectivity index (χ4v) is 3.84. The number of halogens is 3. The van der Waals surface area contributed by atoms with Gasteiger partial charge >= 0.3 is 11.2 Å². The van der Waals surface area contributed by atoms with E-state index in [2.05, 4.69) is 9.71 Å². The van der Waals surface area contributed by atoms with Crippen LogP contribution in [0.2, 0.25) is 0 Å². The van der Waals surface area contributed by atoms with Crippen LogP contribution < -0.4 is 4.72 Å². The van der Waals surface area contributed by atoms with Crippen molar-refractivity contribution in [3.8, 4) is 0 Å². The van der Waals surface area contributed by atoms with Gasteiger partial charge in [0.05, 0.1) is 14.6 Å². The minimum Gasteiger partial charge on any atom is -0.306 e. The van der Waals surface area contributed by atoms with Gasteiger partial charge in [-0.3, -0.25) is 15.1 Å². The molecule has 1 atom stereocenters. The number of aromatic nitrogens is 1. The molecule has 0 aliphatic heterocycles. The molecule has 2 aromatic heterocycles. The standard InChI is InChI=1S/C13H12F3N3O3S2/c1-8(9-3-4-11(17-7-9)13(14,15)16)24(2,22)18-10-5-6-23-12(10)19(20)21/h3-7H,1-2H3,(H,18,22). The third kappa shape index (κ3) is 3.85. The predicted octanol–water partition coefficient (Wildman–Crippen LogP) is 3.55. The van der Waals surface area contributed by atoms with Gasteiger partial charge in [-0.25, -0.2) is 4.21 Å². The van der Waals surface area contributed by atoms with E-state index in [0.717, 1.165) is 29.7 Å². The molecule has 0 fully saturated rings. The van der Waals surface area contributed by atoms with E-state index in [1.807, 2.05) is 0 Å². The number of hydrogen-bond acceptors (Lipinski definition) is 5. The van der Waals surface area contributed by atoms with Gasteiger partial charge in [0.1, 0.15) is 11.4 Å². The van der Waals surface area contributed by atoms with Gasteiger partial charge in [0, 0.05) is 22.9 Å². The molecule has 1 unspecified atom stereocenters. The average molecular weight is 379 g/mol. The second kappa shape index (κ2) is 6.40. The molecule has 1 N–H and O–H groups in total. The van der Waals surface area contributed by atoms with Crippen LogP contribution in [0.25, 0.3) is 0 Å². The van der Waals surface area contributed by atoms with E-state index in [9.17, 15) is 27.5 Å². The van der Waals surface area contributed by atoms with Crippen molar-refractivity contribution in [2.75, 3.05) is 11.0 Å². The summed E-state index contributed by atoms with van der Waals surface area (Å²) >= 11 is 0.877. The fourth-order valence-electron chi connectivity index (χ4n) is 1.80. The van der Waals surface area contributed by atoms with Crippen molar-refractivity contribution in [1.29, 1.82) is 0 Å². The van der Waals surface area contributed by atoms with Gasteiger partial charge in [-0.2, -0.15) is 13.2 Å². The number of hydrogen-bond donors (Lipinski definition) is 1. The molecule has 0 aliphatic rings. The van der Waals surface area contributed by atoms with Crippen molar-refractivity contribution in [1.82, 2.24) is 4.98 Å². The summed E-state index contributed by atoms with van der Waals surface area (Å²) in [6.07, 6.45) is -2.26. The van der Waals surface area contributed by atoms with Gasteiger partial charge in [-0.15, -0.1) is 0 Å². The Morgan fingerprint density at radius 2 is 2.04 bits per heavy atom. The van der Waals surface area contributed by atoms with E-state index >= 15 is 0 Å². The molecule has 0 radical (unpaired) electrons. The Morgan fingerprint density at radius 3 is 2.54 bits per heavy atom. The molecule has 11 heteroatoms. The van der Waals surface area contributed by atoms with Crippen LogP contribution >= 0.6 is 11.3 Å². The molecule has 0 spiro atoms. The molecular weight excluding hydrogens is 367 g/mol. The zero-order chi connectivity index (χ0) is 18.1. The maximum absolute atomic E-state index is 12.8. The van der Waals surface area contributed by atoms with Crippen LogP contribution in [-0.4, -0.2) is 25.2 Å². The summed E-state index contributed by atoms with van der Waals surface area (Å²) < 4.78 is 53.0. The van der Waals surface area contributed by atoms with Gasteiger partial charge in [0.15, 0.2) is 0 Å². The maximum Gasteiger partial charge on any atom is 0.433 e. The van der Waals surface area contributed by atoms with Crippen molar-refractivity contribution in [3.05, 3.63) is 51.1 Å². The van der Waals surface area contributed by atoms with Crippen LogP contribution in [0.3, 0.4) is 0 Å². The lowest BCUT2D eigenvalue weighted by atomic mass is 10.2. The molecule has 2 rings (SSSR count). The SMILES string of the molecule is CC(c1ccc(C(F)(F)F)nc1)=S(C)(=O)Nc1ccsc1[N+](=O)[O-]. The van der Waals surface area contributed by atoms with Gasteiger partial charge in [-0.05, 0) is 24.4 Å². The van der Waals surface area contributed by atoms with Crippen molar-refractivity contribution >= 4 is 36.6 Å². The monoisotopic (exact) mass is 379 g/mol. The molecule has 130 valence electrons. The Bertz CT molecular complexity index is 882. The van der Waals surface area contributed by atoms with Crippen LogP contribution in [0.15, 0.2) is 29.8 Å². The van der Waals surface area contributed by atoms with Gasteiger partial charge in [0.25, 0.3) is 0 Å². The van der Waals surface area contributed by atoms with Gasteiger partial charge in [-0.1, -0.05) is 17.4 Å². The summed E-state index contributed by atoms with van der Waals surface area (Å²) in [5.41, 5.74) is -0.708. The quantitative estimate of drug-likeness (QED) is 0.381. The first-order valence-corrected chi connectivity index (χ1v) is 9.23. The molecule has 24 heavy (non-hydrogen) atoms. The molecule has 2 heterocycles. The highest BCUT2D eigenvalue weighted by Crippen LogP contribution is 2.31. The third-order valence-electron chi connectivity index (χ3n) is 3.16. The lowest BCUT2D eigenvalue weighted by Crippen LogP contribution is -2.20. The first-order valence-electron chi connectivity index (χ1n) is 6.38. The topological polar surface area (TPSA) is 85.1 Å². The van der Waals surface area contributed by atoms with Crippen LogP contribution in [0, 0.1) is 10.1 Å². The van der Waals surface area contributed by atoms with Gasteiger partial charge < -0.3 is 4.72 Å². The summed E-state index contributed by atoms with van der Waals surface area (Å²) in [5, 5.41) is 12.2. The Morgan fingerprint density at radius 1 is 1.38 bits per heavy atom.